The Hall–Kier alpha value is -2.30. The molecule has 2 aromatic heterocycles. The third-order valence-electron chi connectivity index (χ3n) is 2.60. The second-order valence-corrected chi connectivity index (χ2v) is 3.99. The molecule has 0 saturated heterocycles. The van der Waals surface area contributed by atoms with E-state index in [1.54, 1.807) is 20.0 Å². The zero-order valence-electron chi connectivity index (χ0n) is 10.2. The minimum atomic E-state index is -0.991. The molecule has 0 atom stereocenters. The number of nitrogens with zero attached hydrogens (tertiary/aromatic N) is 3. The van der Waals surface area contributed by atoms with E-state index in [1.165, 1.54) is 0 Å². The Morgan fingerprint density at radius 3 is 2.39 bits per heavy atom. The number of aromatic nitrogens is 3. The van der Waals surface area contributed by atoms with Gasteiger partial charge in [0.05, 0.1) is 17.8 Å². The van der Waals surface area contributed by atoms with Gasteiger partial charge in [0.2, 0.25) is 0 Å². The summed E-state index contributed by atoms with van der Waals surface area (Å²) in [4.78, 5) is 23.7. The monoisotopic (exact) mass is 243 g/mol. The van der Waals surface area contributed by atoms with Crippen molar-refractivity contribution in [3.8, 4) is 0 Å². The molecule has 0 saturated carbocycles. The summed E-state index contributed by atoms with van der Waals surface area (Å²) in [5, 5.41) is 9.03. The molecule has 0 spiro atoms. The number of aryl methyl sites for hydroxylation is 2. The fourth-order valence-electron chi connectivity index (χ4n) is 1.84. The Morgan fingerprint density at radius 2 is 1.89 bits per heavy atom. The highest BCUT2D eigenvalue weighted by atomic mass is 16.4. The average molecular weight is 243 g/mol. The van der Waals surface area contributed by atoms with Crippen LogP contribution in [0.1, 0.15) is 33.3 Å². The van der Waals surface area contributed by atoms with Crippen LogP contribution in [-0.4, -0.2) is 26.0 Å². The predicted octanol–water partition coefficient (Wildman–Crippen LogP) is 1.78. The van der Waals surface area contributed by atoms with Crippen LogP contribution in [0.4, 0.5) is 0 Å². The largest absolute Gasteiger partial charge is 0.478 e. The SMILES string of the molecule is Cc1nc(Cc2ccccn2)nc(C)c1C(=O)O. The summed E-state index contributed by atoms with van der Waals surface area (Å²) < 4.78 is 0. The lowest BCUT2D eigenvalue weighted by molar-refractivity contribution is 0.0694. The summed E-state index contributed by atoms with van der Waals surface area (Å²) in [5.74, 6) is -0.400. The smallest absolute Gasteiger partial charge is 0.339 e. The first-order valence-corrected chi connectivity index (χ1v) is 5.55. The highest BCUT2D eigenvalue weighted by Gasteiger charge is 2.14. The van der Waals surface area contributed by atoms with E-state index < -0.39 is 5.97 Å². The summed E-state index contributed by atoms with van der Waals surface area (Å²) in [6.07, 6.45) is 2.21. The second kappa shape index (κ2) is 4.91. The van der Waals surface area contributed by atoms with Crippen LogP contribution in [0.25, 0.3) is 0 Å². The van der Waals surface area contributed by atoms with E-state index in [0.717, 1.165) is 5.69 Å². The Kier molecular flexibility index (Phi) is 3.32. The van der Waals surface area contributed by atoms with Crippen molar-refractivity contribution in [2.45, 2.75) is 20.3 Å². The molecule has 18 heavy (non-hydrogen) atoms. The number of aromatic carboxylic acids is 1. The molecule has 5 heteroatoms. The molecule has 1 N–H and O–H groups in total. The molecule has 0 unspecified atom stereocenters. The molecule has 0 amide bonds. The summed E-state index contributed by atoms with van der Waals surface area (Å²) >= 11 is 0. The van der Waals surface area contributed by atoms with E-state index in [2.05, 4.69) is 15.0 Å². The first kappa shape index (κ1) is 12.2. The second-order valence-electron chi connectivity index (χ2n) is 3.99. The molecule has 0 radical (unpaired) electrons. The minimum Gasteiger partial charge on any atom is -0.478 e. The molecule has 0 aromatic carbocycles. The van der Waals surface area contributed by atoms with Crippen LogP contribution in [0.5, 0.6) is 0 Å². The number of carboxylic acids is 1. The zero-order valence-corrected chi connectivity index (χ0v) is 10.2. The van der Waals surface area contributed by atoms with Crippen LogP contribution in [0, 0.1) is 13.8 Å². The van der Waals surface area contributed by atoms with Crippen molar-refractivity contribution < 1.29 is 9.90 Å². The molecule has 0 fully saturated rings. The van der Waals surface area contributed by atoms with Crippen molar-refractivity contribution in [1.82, 2.24) is 15.0 Å². The molecule has 2 aromatic rings. The molecule has 92 valence electrons. The van der Waals surface area contributed by atoms with Crippen molar-refractivity contribution >= 4 is 5.97 Å². The van der Waals surface area contributed by atoms with Gasteiger partial charge in [0.1, 0.15) is 11.4 Å². The van der Waals surface area contributed by atoms with Crippen LogP contribution in [0.2, 0.25) is 0 Å². The van der Waals surface area contributed by atoms with Crippen LogP contribution < -0.4 is 0 Å². The maximum atomic E-state index is 11.0. The molecule has 2 heterocycles. The van der Waals surface area contributed by atoms with Gasteiger partial charge < -0.3 is 5.11 Å². The highest BCUT2D eigenvalue weighted by Crippen LogP contribution is 2.11. The fraction of sp³-hybridized carbons (Fsp3) is 0.231. The van der Waals surface area contributed by atoms with Gasteiger partial charge in [0.15, 0.2) is 0 Å². The van der Waals surface area contributed by atoms with E-state index in [1.807, 2.05) is 18.2 Å². The number of hydrogen-bond acceptors (Lipinski definition) is 4. The Labute approximate surface area is 105 Å². The standard InChI is InChI=1S/C13H13N3O2/c1-8-12(13(17)18)9(2)16-11(15-8)7-10-5-3-4-6-14-10/h3-6H,7H2,1-2H3,(H,17,18). The third-order valence-corrected chi connectivity index (χ3v) is 2.60. The van der Waals surface area contributed by atoms with Crippen molar-refractivity contribution in [3.63, 3.8) is 0 Å². The summed E-state index contributed by atoms with van der Waals surface area (Å²) in [5.41, 5.74) is 2.01. The van der Waals surface area contributed by atoms with Gasteiger partial charge in [-0.2, -0.15) is 0 Å². The lowest BCUT2D eigenvalue weighted by Gasteiger charge is -2.07. The fourth-order valence-corrected chi connectivity index (χ4v) is 1.84. The number of carbonyl (C=O) groups is 1. The maximum absolute atomic E-state index is 11.0. The molecule has 0 aliphatic heterocycles. The Bertz CT molecular complexity index is 559. The zero-order chi connectivity index (χ0) is 13.1. The van der Waals surface area contributed by atoms with Crippen molar-refractivity contribution in [1.29, 1.82) is 0 Å². The Morgan fingerprint density at radius 1 is 1.22 bits per heavy atom. The van der Waals surface area contributed by atoms with Crippen LogP contribution >= 0.6 is 0 Å². The lowest BCUT2D eigenvalue weighted by atomic mass is 10.1. The number of rotatable bonds is 3. The van der Waals surface area contributed by atoms with E-state index >= 15 is 0 Å². The number of carboxylic acid groups (broad SMARTS) is 1. The molecule has 0 aliphatic carbocycles. The highest BCUT2D eigenvalue weighted by molar-refractivity contribution is 5.89. The van der Waals surface area contributed by atoms with Gasteiger partial charge in [0.25, 0.3) is 0 Å². The van der Waals surface area contributed by atoms with Crippen LogP contribution in [0.3, 0.4) is 0 Å². The number of pyridine rings is 1. The maximum Gasteiger partial charge on any atom is 0.339 e. The molecule has 5 nitrogen and oxygen atoms in total. The van der Waals surface area contributed by atoms with Gasteiger partial charge in [-0.05, 0) is 26.0 Å². The van der Waals surface area contributed by atoms with E-state index in [0.29, 0.717) is 23.6 Å². The average Bonchev–Trinajstić information content (AvgIpc) is 2.28. The summed E-state index contributed by atoms with van der Waals surface area (Å²) in [6.45, 7) is 3.36. The molecule has 2 rings (SSSR count). The van der Waals surface area contributed by atoms with Crippen molar-refractivity contribution in [2.75, 3.05) is 0 Å². The van der Waals surface area contributed by atoms with Gasteiger partial charge in [-0.25, -0.2) is 14.8 Å². The summed E-state index contributed by atoms with van der Waals surface area (Å²) in [7, 11) is 0. The molecular formula is C13H13N3O2. The normalized spacial score (nSPS) is 10.3. The lowest BCUT2D eigenvalue weighted by Crippen LogP contribution is -2.10. The van der Waals surface area contributed by atoms with E-state index in [-0.39, 0.29) is 5.56 Å². The number of hydrogen-bond donors (Lipinski definition) is 1. The van der Waals surface area contributed by atoms with Crippen molar-refractivity contribution in [3.05, 3.63) is 52.9 Å². The molecular weight excluding hydrogens is 230 g/mol. The van der Waals surface area contributed by atoms with E-state index in [4.69, 9.17) is 5.11 Å². The quantitative estimate of drug-likeness (QED) is 0.889. The molecule has 0 aliphatic rings. The molecule has 0 bridgehead atoms. The van der Waals surface area contributed by atoms with E-state index in [9.17, 15) is 4.79 Å². The van der Waals surface area contributed by atoms with Gasteiger partial charge in [0, 0.05) is 11.9 Å². The van der Waals surface area contributed by atoms with Crippen molar-refractivity contribution in [2.24, 2.45) is 0 Å². The van der Waals surface area contributed by atoms with Crippen LogP contribution in [0.15, 0.2) is 24.4 Å². The summed E-state index contributed by atoms with van der Waals surface area (Å²) in [6, 6.07) is 5.63. The minimum absolute atomic E-state index is 0.180. The predicted molar refractivity (Wildman–Crippen MR) is 65.5 cm³/mol. The first-order valence-electron chi connectivity index (χ1n) is 5.55. The Balaban J connectivity index is 2.34. The third kappa shape index (κ3) is 2.51. The van der Waals surface area contributed by atoms with Gasteiger partial charge in [-0.3, -0.25) is 4.98 Å². The first-order chi connectivity index (χ1) is 8.58. The van der Waals surface area contributed by atoms with Crippen LogP contribution in [-0.2, 0) is 6.42 Å². The topological polar surface area (TPSA) is 76.0 Å². The van der Waals surface area contributed by atoms with Gasteiger partial charge >= 0.3 is 5.97 Å². The van der Waals surface area contributed by atoms with Gasteiger partial charge in [-0.1, -0.05) is 6.07 Å². The van der Waals surface area contributed by atoms with Gasteiger partial charge in [-0.15, -0.1) is 0 Å².